The van der Waals surface area contributed by atoms with Crippen molar-refractivity contribution in [3.8, 4) is 0 Å². The number of alkyl carbamates (subject to hydrolysis) is 1. The summed E-state index contributed by atoms with van der Waals surface area (Å²) < 4.78 is 10.2. The molecule has 3 N–H and O–H groups in total. The van der Waals surface area contributed by atoms with E-state index in [9.17, 15) is 9.59 Å². The maximum absolute atomic E-state index is 11.8. The zero-order valence-corrected chi connectivity index (χ0v) is 20.7. The summed E-state index contributed by atoms with van der Waals surface area (Å²) in [5.41, 5.74) is -0.493. The van der Waals surface area contributed by atoms with Crippen LogP contribution in [0.3, 0.4) is 0 Å². The minimum absolute atomic E-state index is 0. The van der Waals surface area contributed by atoms with E-state index in [0.717, 1.165) is 31.8 Å². The number of ether oxygens (including phenoxy) is 2. The number of halogens is 1. The second-order valence-electron chi connectivity index (χ2n) is 7.65. The number of piperidine rings is 1. The van der Waals surface area contributed by atoms with Crippen LogP contribution in [0, 0.1) is 0 Å². The predicted molar refractivity (Wildman–Crippen MR) is 125 cm³/mol. The second-order valence-corrected chi connectivity index (χ2v) is 7.65. The highest BCUT2D eigenvalue weighted by molar-refractivity contribution is 14.0. The van der Waals surface area contributed by atoms with Crippen LogP contribution in [0.1, 0.15) is 53.9 Å². The minimum atomic E-state index is -0.493. The molecule has 0 aromatic rings. The van der Waals surface area contributed by atoms with Crippen LogP contribution in [0.25, 0.3) is 0 Å². The molecule has 1 fully saturated rings. The Morgan fingerprint density at radius 1 is 1.14 bits per heavy atom. The van der Waals surface area contributed by atoms with Gasteiger partial charge in [0, 0.05) is 38.8 Å². The molecule has 0 saturated carbocycles. The number of nitrogens with zero attached hydrogens (tertiary/aromatic N) is 2. The van der Waals surface area contributed by atoms with Crippen molar-refractivity contribution < 1.29 is 19.1 Å². The Hall–Kier alpha value is -1.46. The van der Waals surface area contributed by atoms with Gasteiger partial charge in [-0.3, -0.25) is 4.99 Å². The largest absolute Gasteiger partial charge is 0.450 e. The highest BCUT2D eigenvalue weighted by atomic mass is 127. The first-order valence-electron chi connectivity index (χ1n) is 10.2. The SMILES string of the molecule is CCNC(=NCCCNC(=O)OC(C)(C)C)NC1CCN(C(=O)OCC)CC1.I. The van der Waals surface area contributed by atoms with Crippen molar-refractivity contribution in [2.45, 2.75) is 65.5 Å². The average Bonchev–Trinajstić information content (AvgIpc) is 2.61. The predicted octanol–water partition coefficient (Wildman–Crippen LogP) is 2.70. The molecule has 10 heteroatoms. The van der Waals surface area contributed by atoms with Gasteiger partial charge in [-0.15, -0.1) is 24.0 Å². The molecule has 0 atom stereocenters. The first-order chi connectivity index (χ1) is 13.2. The van der Waals surface area contributed by atoms with Crippen molar-refractivity contribution >= 4 is 42.1 Å². The van der Waals surface area contributed by atoms with Gasteiger partial charge in [-0.1, -0.05) is 0 Å². The van der Waals surface area contributed by atoms with Gasteiger partial charge >= 0.3 is 12.2 Å². The van der Waals surface area contributed by atoms with Crippen LogP contribution in [0.5, 0.6) is 0 Å². The Morgan fingerprint density at radius 2 is 1.79 bits per heavy atom. The number of carbonyl (C=O) groups excluding carboxylic acids is 2. The van der Waals surface area contributed by atoms with E-state index < -0.39 is 11.7 Å². The summed E-state index contributed by atoms with van der Waals surface area (Å²) >= 11 is 0. The van der Waals surface area contributed by atoms with Crippen molar-refractivity contribution in [2.24, 2.45) is 4.99 Å². The van der Waals surface area contributed by atoms with E-state index in [1.165, 1.54) is 0 Å². The third-order valence-electron chi connectivity index (χ3n) is 3.98. The Balaban J connectivity index is 0.00000784. The van der Waals surface area contributed by atoms with E-state index in [2.05, 4.69) is 20.9 Å². The lowest BCUT2D eigenvalue weighted by atomic mass is 10.1. The molecule has 29 heavy (non-hydrogen) atoms. The molecule has 1 heterocycles. The summed E-state index contributed by atoms with van der Waals surface area (Å²) in [6, 6.07) is 0.267. The topological polar surface area (TPSA) is 104 Å². The minimum Gasteiger partial charge on any atom is -0.450 e. The molecule has 1 rings (SSSR count). The molecule has 0 bridgehead atoms. The Morgan fingerprint density at radius 3 is 2.34 bits per heavy atom. The van der Waals surface area contributed by atoms with Crippen molar-refractivity contribution in [1.29, 1.82) is 0 Å². The zero-order chi connectivity index (χ0) is 21.0. The molecule has 1 saturated heterocycles. The fourth-order valence-electron chi connectivity index (χ4n) is 2.71. The molecule has 2 amide bonds. The highest BCUT2D eigenvalue weighted by Gasteiger charge is 2.24. The van der Waals surface area contributed by atoms with E-state index in [0.29, 0.717) is 32.8 Å². The lowest BCUT2D eigenvalue weighted by Gasteiger charge is -2.32. The number of hydrogen-bond acceptors (Lipinski definition) is 5. The maximum Gasteiger partial charge on any atom is 0.409 e. The molecule has 0 unspecified atom stereocenters. The molecule has 0 radical (unpaired) electrons. The molecular weight excluding hydrogens is 489 g/mol. The normalized spacial score (nSPS) is 15.2. The summed E-state index contributed by atoms with van der Waals surface area (Å²) in [7, 11) is 0. The van der Waals surface area contributed by atoms with Gasteiger partial charge in [-0.25, -0.2) is 9.59 Å². The highest BCUT2D eigenvalue weighted by Crippen LogP contribution is 2.11. The Bertz CT molecular complexity index is 517. The number of nitrogens with one attached hydrogen (secondary N) is 3. The molecular formula is C19H38IN5O4. The van der Waals surface area contributed by atoms with E-state index >= 15 is 0 Å². The van der Waals surface area contributed by atoms with Gasteiger partial charge in [0.25, 0.3) is 0 Å². The number of carbonyl (C=O) groups is 2. The fourth-order valence-corrected chi connectivity index (χ4v) is 2.71. The van der Waals surface area contributed by atoms with Crippen LogP contribution >= 0.6 is 24.0 Å². The van der Waals surface area contributed by atoms with Gasteiger partial charge in [-0.2, -0.15) is 0 Å². The third-order valence-corrected chi connectivity index (χ3v) is 3.98. The lowest BCUT2D eigenvalue weighted by Crippen LogP contribution is -2.50. The van der Waals surface area contributed by atoms with Gasteiger partial charge in [0.05, 0.1) is 6.61 Å². The van der Waals surface area contributed by atoms with Crippen molar-refractivity contribution in [1.82, 2.24) is 20.9 Å². The third kappa shape index (κ3) is 12.7. The molecule has 0 aromatic heterocycles. The van der Waals surface area contributed by atoms with Crippen molar-refractivity contribution in [2.75, 3.05) is 39.3 Å². The monoisotopic (exact) mass is 527 g/mol. The standard InChI is InChI=1S/C19H37N5O4.HI/c1-6-20-16(21-11-8-12-22-17(25)28-19(3,4)5)23-15-9-13-24(14-10-15)18(26)27-7-2;/h15H,6-14H2,1-5H3,(H,22,25)(H2,20,21,23);1H. The van der Waals surface area contributed by atoms with Crippen LogP contribution in [0.2, 0.25) is 0 Å². The number of aliphatic imine (C=N–C) groups is 1. The second kappa shape index (κ2) is 14.5. The van der Waals surface area contributed by atoms with Crippen LogP contribution < -0.4 is 16.0 Å². The molecule has 0 aliphatic carbocycles. The number of rotatable bonds is 7. The first kappa shape index (κ1) is 27.5. The number of guanidine groups is 1. The lowest BCUT2D eigenvalue weighted by molar-refractivity contribution is 0.0527. The first-order valence-corrected chi connectivity index (χ1v) is 10.2. The van der Waals surface area contributed by atoms with Crippen molar-refractivity contribution in [3.05, 3.63) is 0 Å². The van der Waals surface area contributed by atoms with Gasteiger partial charge in [-0.05, 0) is 53.9 Å². The number of likely N-dealkylation sites (tertiary alicyclic amines) is 1. The summed E-state index contributed by atoms with van der Waals surface area (Å²) in [5, 5.41) is 9.40. The number of hydrogen-bond donors (Lipinski definition) is 3. The van der Waals surface area contributed by atoms with Crippen LogP contribution in [-0.4, -0.2) is 74.0 Å². The molecule has 9 nitrogen and oxygen atoms in total. The van der Waals surface area contributed by atoms with Crippen LogP contribution in [0.15, 0.2) is 4.99 Å². The molecule has 0 aromatic carbocycles. The van der Waals surface area contributed by atoms with Gasteiger partial charge < -0.3 is 30.3 Å². The van der Waals surface area contributed by atoms with Crippen LogP contribution in [-0.2, 0) is 9.47 Å². The quantitative estimate of drug-likeness (QED) is 0.204. The van der Waals surface area contributed by atoms with E-state index in [4.69, 9.17) is 9.47 Å². The maximum atomic E-state index is 11.8. The number of amides is 2. The molecule has 1 aliphatic heterocycles. The zero-order valence-electron chi connectivity index (χ0n) is 18.4. The van der Waals surface area contributed by atoms with E-state index in [-0.39, 0.29) is 36.1 Å². The van der Waals surface area contributed by atoms with Gasteiger partial charge in [0.2, 0.25) is 0 Å². The Labute approximate surface area is 191 Å². The van der Waals surface area contributed by atoms with Crippen molar-refractivity contribution in [3.63, 3.8) is 0 Å². The smallest absolute Gasteiger partial charge is 0.409 e. The van der Waals surface area contributed by atoms with E-state index in [1.54, 1.807) is 4.90 Å². The Kier molecular flexibility index (Phi) is 13.8. The van der Waals surface area contributed by atoms with E-state index in [1.807, 2.05) is 34.6 Å². The molecule has 0 spiro atoms. The van der Waals surface area contributed by atoms with Gasteiger partial charge in [0.15, 0.2) is 5.96 Å². The summed E-state index contributed by atoms with van der Waals surface area (Å²) in [6.45, 7) is 13.0. The summed E-state index contributed by atoms with van der Waals surface area (Å²) in [4.78, 5) is 29.7. The molecule has 1 aliphatic rings. The average molecular weight is 527 g/mol. The summed E-state index contributed by atoms with van der Waals surface area (Å²) in [6.07, 6.45) is 1.78. The molecule has 170 valence electrons. The summed E-state index contributed by atoms with van der Waals surface area (Å²) in [5.74, 6) is 0.759. The van der Waals surface area contributed by atoms with Crippen LogP contribution in [0.4, 0.5) is 9.59 Å². The fraction of sp³-hybridized carbons (Fsp3) is 0.842. The van der Waals surface area contributed by atoms with Gasteiger partial charge in [0.1, 0.15) is 5.60 Å².